The van der Waals surface area contributed by atoms with E-state index in [9.17, 15) is 5.26 Å². The Labute approximate surface area is 157 Å². The number of rotatable bonds is 6. The van der Waals surface area contributed by atoms with Crippen LogP contribution in [0.3, 0.4) is 0 Å². The van der Waals surface area contributed by atoms with Gasteiger partial charge in [0.05, 0.1) is 11.6 Å². The zero-order chi connectivity index (χ0) is 18.5. The standard InChI is InChI=1S/C23H29N3/c1-4-25(5-2)15-14-18-16-21-19(17-24)10-9-13-23(21)26(6-3)22-12-8-7-11-20(18)22/h7-13,18H,4-6,14-16H2,1-3H3. The molecule has 0 saturated carbocycles. The number of hydrogen-bond acceptors (Lipinski definition) is 3. The molecule has 136 valence electrons. The summed E-state index contributed by atoms with van der Waals surface area (Å²) in [7, 11) is 0. The predicted octanol–water partition coefficient (Wildman–Crippen LogP) is 5.09. The van der Waals surface area contributed by atoms with E-state index >= 15 is 0 Å². The Morgan fingerprint density at radius 3 is 2.46 bits per heavy atom. The minimum absolute atomic E-state index is 0.441. The van der Waals surface area contributed by atoms with Crippen molar-refractivity contribution in [3.05, 3.63) is 59.2 Å². The Bertz CT molecular complexity index is 786. The average molecular weight is 348 g/mol. The molecule has 0 bridgehead atoms. The van der Waals surface area contributed by atoms with Crippen LogP contribution in [-0.4, -0.2) is 31.1 Å². The highest BCUT2D eigenvalue weighted by molar-refractivity contribution is 5.74. The topological polar surface area (TPSA) is 30.3 Å². The van der Waals surface area contributed by atoms with Crippen molar-refractivity contribution in [1.82, 2.24) is 4.90 Å². The molecule has 1 unspecified atom stereocenters. The van der Waals surface area contributed by atoms with E-state index in [1.165, 1.54) is 22.5 Å². The van der Waals surface area contributed by atoms with Crippen LogP contribution in [0.2, 0.25) is 0 Å². The van der Waals surface area contributed by atoms with Gasteiger partial charge in [-0.1, -0.05) is 38.1 Å². The van der Waals surface area contributed by atoms with Crippen molar-refractivity contribution in [2.45, 2.75) is 39.5 Å². The third-order valence-electron chi connectivity index (χ3n) is 5.68. The van der Waals surface area contributed by atoms with Gasteiger partial charge in [-0.05, 0) is 74.6 Å². The smallest absolute Gasteiger partial charge is 0.0995 e. The van der Waals surface area contributed by atoms with Gasteiger partial charge in [0.1, 0.15) is 0 Å². The number of benzene rings is 2. The van der Waals surface area contributed by atoms with Crippen LogP contribution < -0.4 is 4.90 Å². The molecule has 0 aliphatic carbocycles. The molecule has 0 spiro atoms. The van der Waals surface area contributed by atoms with E-state index in [2.05, 4.69) is 67.0 Å². The van der Waals surface area contributed by atoms with Crippen molar-refractivity contribution >= 4 is 11.4 Å². The lowest BCUT2D eigenvalue weighted by molar-refractivity contribution is 0.290. The first-order valence-electron chi connectivity index (χ1n) is 9.84. The Kier molecular flexibility index (Phi) is 5.96. The summed E-state index contributed by atoms with van der Waals surface area (Å²) >= 11 is 0. The highest BCUT2D eigenvalue weighted by atomic mass is 15.1. The van der Waals surface area contributed by atoms with Gasteiger partial charge in [-0.3, -0.25) is 0 Å². The van der Waals surface area contributed by atoms with Gasteiger partial charge in [0.2, 0.25) is 0 Å². The molecule has 3 nitrogen and oxygen atoms in total. The van der Waals surface area contributed by atoms with Crippen molar-refractivity contribution in [1.29, 1.82) is 5.26 Å². The molecule has 1 aliphatic heterocycles. The Morgan fingerprint density at radius 1 is 1.04 bits per heavy atom. The lowest BCUT2D eigenvalue weighted by Crippen LogP contribution is -2.25. The molecule has 3 heteroatoms. The van der Waals surface area contributed by atoms with Crippen molar-refractivity contribution in [2.24, 2.45) is 0 Å². The fraction of sp³-hybridized carbons (Fsp3) is 0.435. The Morgan fingerprint density at radius 2 is 1.77 bits per heavy atom. The molecule has 0 radical (unpaired) electrons. The number of nitriles is 1. The van der Waals surface area contributed by atoms with Crippen LogP contribution in [0.25, 0.3) is 0 Å². The SMILES string of the molecule is CCN(CC)CCC1Cc2c(C#N)cccc2N(CC)c2ccccc21. The summed E-state index contributed by atoms with van der Waals surface area (Å²) in [6.07, 6.45) is 2.06. The molecule has 0 amide bonds. The second-order valence-electron chi connectivity index (χ2n) is 6.93. The zero-order valence-electron chi connectivity index (χ0n) is 16.2. The number of hydrogen-bond donors (Lipinski definition) is 0. The summed E-state index contributed by atoms with van der Waals surface area (Å²) in [6, 6.07) is 17.4. The van der Waals surface area contributed by atoms with E-state index in [0.29, 0.717) is 5.92 Å². The second-order valence-corrected chi connectivity index (χ2v) is 6.93. The van der Waals surface area contributed by atoms with Crippen molar-refractivity contribution in [2.75, 3.05) is 31.1 Å². The Balaban J connectivity index is 2.06. The fourth-order valence-corrected chi connectivity index (χ4v) is 4.19. The predicted molar refractivity (Wildman–Crippen MR) is 109 cm³/mol. The maximum atomic E-state index is 9.67. The number of para-hydroxylation sites is 1. The van der Waals surface area contributed by atoms with Crippen molar-refractivity contribution in [3.8, 4) is 6.07 Å². The molecule has 0 saturated heterocycles. The van der Waals surface area contributed by atoms with Crippen LogP contribution in [-0.2, 0) is 6.42 Å². The van der Waals surface area contributed by atoms with Gasteiger partial charge in [-0.15, -0.1) is 0 Å². The van der Waals surface area contributed by atoms with E-state index in [1.54, 1.807) is 0 Å². The van der Waals surface area contributed by atoms with Gasteiger partial charge in [0.25, 0.3) is 0 Å². The van der Waals surface area contributed by atoms with Crippen LogP contribution >= 0.6 is 0 Å². The number of fused-ring (bicyclic) bond motifs is 2. The maximum Gasteiger partial charge on any atom is 0.0995 e. The molecule has 1 atom stereocenters. The van der Waals surface area contributed by atoms with Crippen molar-refractivity contribution < 1.29 is 0 Å². The first kappa shape index (κ1) is 18.5. The minimum atomic E-state index is 0.441. The van der Waals surface area contributed by atoms with E-state index in [4.69, 9.17) is 0 Å². The normalized spacial score (nSPS) is 16.0. The first-order valence-corrected chi connectivity index (χ1v) is 9.84. The largest absolute Gasteiger partial charge is 0.341 e. The highest BCUT2D eigenvalue weighted by Gasteiger charge is 2.27. The molecule has 3 rings (SSSR count). The van der Waals surface area contributed by atoms with Gasteiger partial charge >= 0.3 is 0 Å². The van der Waals surface area contributed by atoms with Gasteiger partial charge in [0, 0.05) is 17.9 Å². The van der Waals surface area contributed by atoms with E-state index < -0.39 is 0 Å². The van der Waals surface area contributed by atoms with Crippen LogP contribution in [0.5, 0.6) is 0 Å². The third-order valence-corrected chi connectivity index (χ3v) is 5.68. The molecular formula is C23H29N3. The maximum absolute atomic E-state index is 9.67. The molecule has 2 aromatic carbocycles. The van der Waals surface area contributed by atoms with Crippen LogP contribution in [0, 0.1) is 11.3 Å². The zero-order valence-corrected chi connectivity index (χ0v) is 16.2. The van der Waals surface area contributed by atoms with Gasteiger partial charge in [-0.25, -0.2) is 0 Å². The van der Waals surface area contributed by atoms with E-state index in [-0.39, 0.29) is 0 Å². The highest BCUT2D eigenvalue weighted by Crippen LogP contribution is 2.43. The average Bonchev–Trinajstić information content (AvgIpc) is 2.82. The molecule has 0 N–H and O–H groups in total. The molecule has 0 fully saturated rings. The van der Waals surface area contributed by atoms with Gasteiger partial charge in [0.15, 0.2) is 0 Å². The van der Waals surface area contributed by atoms with Crippen molar-refractivity contribution in [3.63, 3.8) is 0 Å². The summed E-state index contributed by atoms with van der Waals surface area (Å²) in [5.74, 6) is 0.441. The summed E-state index contributed by atoms with van der Waals surface area (Å²) in [4.78, 5) is 4.87. The Hall–Kier alpha value is -2.31. The van der Waals surface area contributed by atoms with E-state index in [0.717, 1.165) is 44.6 Å². The number of anilines is 2. The second kappa shape index (κ2) is 8.38. The molecule has 26 heavy (non-hydrogen) atoms. The molecule has 2 aromatic rings. The quantitative estimate of drug-likeness (QED) is 0.729. The summed E-state index contributed by atoms with van der Waals surface area (Å²) < 4.78 is 0. The molecular weight excluding hydrogens is 318 g/mol. The first-order chi connectivity index (χ1) is 12.7. The third kappa shape index (κ3) is 3.48. The minimum Gasteiger partial charge on any atom is -0.341 e. The monoisotopic (exact) mass is 347 g/mol. The lowest BCUT2D eigenvalue weighted by atomic mass is 9.87. The van der Waals surface area contributed by atoms with Crippen LogP contribution in [0.4, 0.5) is 11.4 Å². The molecule has 0 aromatic heterocycles. The number of nitrogens with zero attached hydrogens (tertiary/aromatic N) is 3. The fourth-order valence-electron chi connectivity index (χ4n) is 4.19. The van der Waals surface area contributed by atoms with E-state index in [1.807, 2.05) is 12.1 Å². The summed E-state index contributed by atoms with van der Waals surface area (Å²) in [6.45, 7) is 10.8. The summed E-state index contributed by atoms with van der Waals surface area (Å²) in [5.41, 5.74) is 5.94. The summed E-state index contributed by atoms with van der Waals surface area (Å²) in [5, 5.41) is 9.67. The van der Waals surface area contributed by atoms with Gasteiger partial charge < -0.3 is 9.80 Å². The van der Waals surface area contributed by atoms with Crippen LogP contribution in [0.15, 0.2) is 42.5 Å². The van der Waals surface area contributed by atoms with Crippen LogP contribution in [0.1, 0.15) is 49.8 Å². The molecule has 1 heterocycles. The van der Waals surface area contributed by atoms with Gasteiger partial charge in [-0.2, -0.15) is 5.26 Å². The lowest BCUT2D eigenvalue weighted by Gasteiger charge is -2.26. The molecule has 1 aliphatic rings.